The molecule has 0 radical (unpaired) electrons. The quantitative estimate of drug-likeness (QED) is 0.416. The molecular formula is C24H20N4O2. The van der Waals surface area contributed by atoms with E-state index in [-0.39, 0.29) is 0 Å². The minimum absolute atomic E-state index is 0.356. The number of hydrogen-bond donors (Lipinski definition) is 0. The highest BCUT2D eigenvalue weighted by Gasteiger charge is 2.23. The van der Waals surface area contributed by atoms with Crippen LogP contribution in [0.5, 0.6) is 0 Å². The van der Waals surface area contributed by atoms with Crippen molar-refractivity contribution in [2.45, 2.75) is 18.9 Å². The Balaban J connectivity index is 1.52. The van der Waals surface area contributed by atoms with Crippen molar-refractivity contribution >= 4 is 22.1 Å². The van der Waals surface area contributed by atoms with E-state index in [9.17, 15) is 0 Å². The molecule has 0 N–H and O–H groups in total. The largest absolute Gasteiger partial charge is 0.436 e. The lowest BCUT2D eigenvalue weighted by Crippen LogP contribution is -2.20. The van der Waals surface area contributed by atoms with E-state index in [1.54, 1.807) is 6.20 Å². The van der Waals surface area contributed by atoms with Crippen LogP contribution in [0.4, 0.5) is 0 Å². The Bertz CT molecular complexity index is 1300. The molecule has 0 amide bonds. The van der Waals surface area contributed by atoms with Crippen LogP contribution < -0.4 is 0 Å². The number of ether oxygens (including phenoxy) is 1. The van der Waals surface area contributed by atoms with Gasteiger partial charge in [-0.3, -0.25) is 4.98 Å². The van der Waals surface area contributed by atoms with Gasteiger partial charge in [-0.25, -0.2) is 9.97 Å². The van der Waals surface area contributed by atoms with Gasteiger partial charge in [0.25, 0.3) is 0 Å². The fourth-order valence-electron chi connectivity index (χ4n) is 4.24. The van der Waals surface area contributed by atoms with Crippen LogP contribution in [0.1, 0.15) is 18.9 Å². The number of imidazole rings is 1. The van der Waals surface area contributed by atoms with Crippen molar-refractivity contribution in [3.05, 3.63) is 67.0 Å². The maximum Gasteiger partial charge on any atom is 0.227 e. The minimum Gasteiger partial charge on any atom is -0.436 e. The zero-order valence-corrected chi connectivity index (χ0v) is 16.4. The number of pyridine rings is 1. The molecular weight excluding hydrogens is 376 g/mol. The van der Waals surface area contributed by atoms with Crippen LogP contribution in [0.15, 0.2) is 71.4 Å². The van der Waals surface area contributed by atoms with E-state index < -0.39 is 0 Å². The first-order valence-electron chi connectivity index (χ1n) is 10.2. The third kappa shape index (κ3) is 2.88. The van der Waals surface area contributed by atoms with Gasteiger partial charge in [0.05, 0.1) is 11.0 Å². The summed E-state index contributed by atoms with van der Waals surface area (Å²) in [5.41, 5.74) is 5.63. The van der Waals surface area contributed by atoms with Crippen molar-refractivity contribution in [2.24, 2.45) is 0 Å². The highest BCUT2D eigenvalue weighted by molar-refractivity contribution is 5.85. The van der Waals surface area contributed by atoms with Crippen molar-refractivity contribution in [3.8, 4) is 22.8 Å². The van der Waals surface area contributed by atoms with E-state index >= 15 is 0 Å². The van der Waals surface area contributed by atoms with E-state index in [0.29, 0.717) is 11.9 Å². The monoisotopic (exact) mass is 396 g/mol. The van der Waals surface area contributed by atoms with E-state index in [1.165, 1.54) is 0 Å². The Kier molecular flexibility index (Phi) is 4.09. The molecule has 6 rings (SSSR count). The summed E-state index contributed by atoms with van der Waals surface area (Å²) in [5, 5.41) is 0. The molecule has 2 aromatic carbocycles. The molecule has 0 bridgehead atoms. The molecule has 0 saturated carbocycles. The lowest BCUT2D eigenvalue weighted by Gasteiger charge is -2.25. The molecule has 3 aromatic heterocycles. The lowest BCUT2D eigenvalue weighted by atomic mass is 10.1. The van der Waals surface area contributed by atoms with Crippen molar-refractivity contribution in [1.29, 1.82) is 0 Å². The summed E-state index contributed by atoms with van der Waals surface area (Å²) < 4.78 is 13.9. The molecule has 1 saturated heterocycles. The molecule has 5 aromatic rings. The van der Waals surface area contributed by atoms with Crippen LogP contribution >= 0.6 is 0 Å². The summed E-state index contributed by atoms with van der Waals surface area (Å²) in [7, 11) is 0. The molecule has 1 fully saturated rings. The predicted molar refractivity (Wildman–Crippen MR) is 115 cm³/mol. The van der Waals surface area contributed by atoms with Gasteiger partial charge in [0.1, 0.15) is 11.3 Å². The average molecular weight is 396 g/mol. The lowest BCUT2D eigenvalue weighted by molar-refractivity contribution is 0.0710. The second kappa shape index (κ2) is 7.07. The van der Waals surface area contributed by atoms with Crippen molar-refractivity contribution in [3.63, 3.8) is 0 Å². The Labute approximate surface area is 173 Å². The summed E-state index contributed by atoms with van der Waals surface area (Å²) >= 11 is 0. The Morgan fingerprint density at radius 2 is 1.77 bits per heavy atom. The van der Waals surface area contributed by atoms with E-state index in [1.807, 2.05) is 36.5 Å². The van der Waals surface area contributed by atoms with Gasteiger partial charge in [0.15, 0.2) is 5.58 Å². The van der Waals surface area contributed by atoms with E-state index in [0.717, 1.165) is 65.1 Å². The summed E-state index contributed by atoms with van der Waals surface area (Å²) in [4.78, 5) is 14.0. The number of rotatable bonds is 3. The molecule has 6 heteroatoms. The van der Waals surface area contributed by atoms with Crippen molar-refractivity contribution in [2.75, 3.05) is 13.2 Å². The van der Waals surface area contributed by atoms with Crippen LogP contribution in [-0.4, -0.2) is 32.7 Å². The van der Waals surface area contributed by atoms with Gasteiger partial charge in [0, 0.05) is 42.8 Å². The third-order valence-electron chi connectivity index (χ3n) is 5.71. The first-order valence-corrected chi connectivity index (χ1v) is 10.2. The number of para-hydroxylation sites is 2. The fraction of sp³-hybridized carbons (Fsp3) is 0.208. The minimum atomic E-state index is 0.356. The number of aromatic nitrogens is 4. The zero-order valence-electron chi connectivity index (χ0n) is 16.4. The van der Waals surface area contributed by atoms with E-state index in [2.05, 4.69) is 38.8 Å². The van der Waals surface area contributed by atoms with Crippen LogP contribution in [0, 0.1) is 0 Å². The molecule has 148 valence electrons. The molecule has 0 aliphatic carbocycles. The van der Waals surface area contributed by atoms with Crippen LogP contribution in [0.3, 0.4) is 0 Å². The fourth-order valence-corrected chi connectivity index (χ4v) is 4.24. The van der Waals surface area contributed by atoms with Gasteiger partial charge in [-0.2, -0.15) is 0 Å². The molecule has 0 unspecified atom stereocenters. The molecule has 30 heavy (non-hydrogen) atoms. The molecule has 1 aliphatic rings. The predicted octanol–water partition coefficient (Wildman–Crippen LogP) is 5.26. The maximum absolute atomic E-state index is 5.97. The van der Waals surface area contributed by atoms with Crippen molar-refractivity contribution in [1.82, 2.24) is 19.5 Å². The Morgan fingerprint density at radius 1 is 0.867 bits per heavy atom. The second-order valence-corrected chi connectivity index (χ2v) is 7.58. The molecule has 0 atom stereocenters. The number of nitrogens with zero attached hydrogens (tertiary/aromatic N) is 4. The second-order valence-electron chi connectivity index (χ2n) is 7.58. The first kappa shape index (κ1) is 17.4. The molecule has 1 aliphatic heterocycles. The van der Waals surface area contributed by atoms with Gasteiger partial charge in [0.2, 0.25) is 5.89 Å². The smallest absolute Gasteiger partial charge is 0.227 e. The summed E-state index contributed by atoms with van der Waals surface area (Å²) in [6.45, 7) is 1.55. The van der Waals surface area contributed by atoms with Gasteiger partial charge in [-0.1, -0.05) is 12.1 Å². The topological polar surface area (TPSA) is 66.0 Å². The maximum atomic E-state index is 5.97. The van der Waals surface area contributed by atoms with Crippen LogP contribution in [-0.2, 0) is 4.74 Å². The Hall–Kier alpha value is -3.51. The van der Waals surface area contributed by atoms with Gasteiger partial charge in [-0.15, -0.1) is 0 Å². The highest BCUT2D eigenvalue weighted by Crippen LogP contribution is 2.34. The molecule has 6 nitrogen and oxygen atoms in total. The number of fused-ring (bicyclic) bond motifs is 2. The van der Waals surface area contributed by atoms with E-state index in [4.69, 9.17) is 14.1 Å². The van der Waals surface area contributed by atoms with Crippen LogP contribution in [0.25, 0.3) is 45.0 Å². The van der Waals surface area contributed by atoms with Gasteiger partial charge in [-0.05, 0) is 55.3 Å². The Morgan fingerprint density at radius 3 is 2.60 bits per heavy atom. The SMILES string of the molecule is c1cncc(-c2nc3cc(-c4nc5ccccc5o4)ccc3n2C2CCOCC2)c1. The summed E-state index contributed by atoms with van der Waals surface area (Å²) in [5.74, 6) is 1.56. The molecule has 0 spiro atoms. The first-order chi connectivity index (χ1) is 14.9. The number of benzene rings is 2. The third-order valence-corrected chi connectivity index (χ3v) is 5.71. The average Bonchev–Trinajstić information content (AvgIpc) is 3.41. The van der Waals surface area contributed by atoms with Gasteiger partial charge >= 0.3 is 0 Å². The summed E-state index contributed by atoms with van der Waals surface area (Å²) in [6, 6.07) is 18.4. The van der Waals surface area contributed by atoms with Crippen LogP contribution in [0.2, 0.25) is 0 Å². The number of oxazole rings is 1. The normalized spacial score (nSPS) is 15.2. The van der Waals surface area contributed by atoms with Gasteiger partial charge < -0.3 is 13.7 Å². The molecule has 4 heterocycles. The zero-order chi connectivity index (χ0) is 19.9. The van der Waals surface area contributed by atoms with Crippen molar-refractivity contribution < 1.29 is 9.15 Å². The summed E-state index contributed by atoms with van der Waals surface area (Å²) in [6.07, 6.45) is 5.62. The highest BCUT2D eigenvalue weighted by atomic mass is 16.5. The number of hydrogen-bond acceptors (Lipinski definition) is 5. The standard InChI is InChI=1S/C24H20N4O2/c1-2-6-22-19(5-1)27-24(30-22)16-7-8-21-20(14-16)26-23(17-4-3-11-25-15-17)28(21)18-9-12-29-13-10-18/h1-8,11,14-15,18H,9-10,12-13H2.